The molecule has 0 unspecified atom stereocenters. The van der Waals surface area contributed by atoms with E-state index in [4.69, 9.17) is 4.42 Å². The highest BCUT2D eigenvalue weighted by atomic mass is 32.1. The maximum Gasteiger partial charge on any atom is 0.243 e. The van der Waals surface area contributed by atoms with Crippen LogP contribution in [0.2, 0.25) is 0 Å². The molecule has 0 saturated carbocycles. The van der Waals surface area contributed by atoms with Crippen molar-refractivity contribution in [3.8, 4) is 5.13 Å². The monoisotopic (exact) mass is 268 g/mol. The summed E-state index contributed by atoms with van der Waals surface area (Å²) in [7, 11) is 0. The maximum atomic E-state index is 12.4. The number of benzene rings is 1. The van der Waals surface area contributed by atoms with Gasteiger partial charge < -0.3 is 4.42 Å². The lowest BCUT2D eigenvalue weighted by Gasteiger charge is -1.94. The minimum Gasteiger partial charge on any atom is -0.437 e. The lowest BCUT2D eigenvalue weighted by molar-refractivity contribution is 0.646. The van der Waals surface area contributed by atoms with Gasteiger partial charge in [-0.1, -0.05) is 23.5 Å². The van der Waals surface area contributed by atoms with Crippen LogP contribution in [0.4, 0.5) is 0 Å². The fraction of sp³-hybridized carbons (Fsp3) is 0. The molecule has 0 aliphatic carbocycles. The molecular weight excluding hydrogens is 260 g/mol. The van der Waals surface area contributed by atoms with Gasteiger partial charge in [-0.05, 0) is 24.3 Å². The van der Waals surface area contributed by atoms with Crippen LogP contribution in [0.25, 0.3) is 26.5 Å². The van der Waals surface area contributed by atoms with E-state index in [1.54, 1.807) is 12.1 Å². The zero-order chi connectivity index (χ0) is 12.8. The van der Waals surface area contributed by atoms with Crippen LogP contribution in [-0.4, -0.2) is 9.55 Å². The number of fused-ring (bicyclic) bond motifs is 2. The summed E-state index contributed by atoms with van der Waals surface area (Å²) < 4.78 is 8.11. The Kier molecular flexibility index (Phi) is 2.10. The van der Waals surface area contributed by atoms with Gasteiger partial charge in [0.05, 0.1) is 5.39 Å². The Bertz CT molecular complexity index is 935. The molecule has 0 amide bonds. The molecule has 0 radical (unpaired) electrons. The van der Waals surface area contributed by atoms with E-state index >= 15 is 0 Å². The number of nitrogens with zero attached hydrogens (tertiary/aromatic N) is 2. The number of para-hydroxylation sites is 1. The summed E-state index contributed by atoms with van der Waals surface area (Å²) in [6.07, 6.45) is 3.78. The van der Waals surface area contributed by atoms with Gasteiger partial charge >= 0.3 is 0 Å². The largest absolute Gasteiger partial charge is 0.437 e. The van der Waals surface area contributed by atoms with E-state index in [0.717, 1.165) is 5.13 Å². The molecule has 0 atom stereocenters. The summed E-state index contributed by atoms with van der Waals surface area (Å²) in [5, 5.41) is 1.33. The first-order valence-corrected chi connectivity index (χ1v) is 6.60. The molecule has 0 aliphatic rings. The van der Waals surface area contributed by atoms with Gasteiger partial charge in [0, 0.05) is 12.4 Å². The number of hydrogen-bond donors (Lipinski definition) is 0. The molecule has 0 bridgehead atoms. The number of aromatic nitrogens is 2. The SMILES string of the molecule is O=c1c2ccccc2oc2nc(-n3cccc3)sc12. The van der Waals surface area contributed by atoms with Gasteiger partial charge in [-0.25, -0.2) is 0 Å². The summed E-state index contributed by atoms with van der Waals surface area (Å²) in [5.41, 5.74) is 0.953. The Morgan fingerprint density at radius 1 is 1.11 bits per heavy atom. The Balaban J connectivity index is 2.11. The Morgan fingerprint density at radius 3 is 2.74 bits per heavy atom. The predicted molar refractivity (Wildman–Crippen MR) is 75.0 cm³/mol. The van der Waals surface area contributed by atoms with Crippen LogP contribution in [0.15, 0.2) is 58.0 Å². The van der Waals surface area contributed by atoms with Crippen molar-refractivity contribution < 1.29 is 4.42 Å². The zero-order valence-electron chi connectivity index (χ0n) is 9.74. The molecule has 3 aromatic heterocycles. The molecule has 4 rings (SSSR count). The second-order valence-corrected chi connectivity index (χ2v) is 5.13. The van der Waals surface area contributed by atoms with Crippen LogP contribution in [-0.2, 0) is 0 Å². The fourth-order valence-corrected chi connectivity index (χ4v) is 2.97. The summed E-state index contributed by atoms with van der Waals surface area (Å²) in [5.74, 6) is 0. The second-order valence-electron chi connectivity index (χ2n) is 4.15. The van der Waals surface area contributed by atoms with Crippen molar-refractivity contribution in [2.75, 3.05) is 0 Å². The van der Waals surface area contributed by atoms with E-state index in [1.165, 1.54) is 11.3 Å². The lowest BCUT2D eigenvalue weighted by atomic mass is 10.2. The summed E-state index contributed by atoms with van der Waals surface area (Å²) in [6.45, 7) is 0. The van der Waals surface area contributed by atoms with Crippen LogP contribution >= 0.6 is 11.3 Å². The topological polar surface area (TPSA) is 48.0 Å². The van der Waals surface area contributed by atoms with Crippen LogP contribution in [0, 0.1) is 0 Å². The van der Waals surface area contributed by atoms with E-state index in [1.807, 2.05) is 41.2 Å². The van der Waals surface area contributed by atoms with Crippen molar-refractivity contribution >= 4 is 32.7 Å². The van der Waals surface area contributed by atoms with E-state index < -0.39 is 0 Å². The third-order valence-corrected chi connectivity index (χ3v) is 4.00. The van der Waals surface area contributed by atoms with Gasteiger partial charge in [0.2, 0.25) is 11.1 Å². The average molecular weight is 268 g/mol. The quantitative estimate of drug-likeness (QED) is 0.532. The van der Waals surface area contributed by atoms with Gasteiger partial charge in [-0.3, -0.25) is 9.36 Å². The minimum atomic E-state index is -0.0206. The van der Waals surface area contributed by atoms with Gasteiger partial charge in [-0.15, -0.1) is 0 Å². The third-order valence-electron chi connectivity index (χ3n) is 2.95. The second kappa shape index (κ2) is 3.80. The smallest absolute Gasteiger partial charge is 0.243 e. The van der Waals surface area contributed by atoms with Crippen LogP contribution in [0.5, 0.6) is 0 Å². The molecule has 4 nitrogen and oxygen atoms in total. The minimum absolute atomic E-state index is 0.0206. The summed E-state index contributed by atoms with van der Waals surface area (Å²) in [4.78, 5) is 16.8. The Hall–Kier alpha value is -2.40. The molecule has 92 valence electrons. The highest BCUT2D eigenvalue weighted by Crippen LogP contribution is 2.25. The highest BCUT2D eigenvalue weighted by Gasteiger charge is 2.13. The van der Waals surface area contributed by atoms with Crippen molar-refractivity contribution in [2.45, 2.75) is 0 Å². The number of hydrogen-bond acceptors (Lipinski definition) is 4. The standard InChI is InChI=1S/C14H8N2O2S/c17-11-9-5-1-2-6-10(9)18-13-12(11)19-14(15-13)16-7-3-4-8-16/h1-8H. The third kappa shape index (κ3) is 1.52. The Morgan fingerprint density at radius 2 is 1.89 bits per heavy atom. The normalized spacial score (nSPS) is 11.4. The molecule has 0 aliphatic heterocycles. The highest BCUT2D eigenvalue weighted by molar-refractivity contribution is 7.20. The van der Waals surface area contributed by atoms with E-state index in [9.17, 15) is 4.79 Å². The van der Waals surface area contributed by atoms with Crippen LogP contribution in [0.1, 0.15) is 0 Å². The molecule has 1 aromatic carbocycles. The van der Waals surface area contributed by atoms with Gasteiger partial charge in [0.1, 0.15) is 10.3 Å². The van der Waals surface area contributed by atoms with E-state index in [-0.39, 0.29) is 5.43 Å². The molecule has 0 N–H and O–H groups in total. The van der Waals surface area contributed by atoms with Gasteiger partial charge in [0.25, 0.3) is 0 Å². The van der Waals surface area contributed by atoms with Crippen molar-refractivity contribution in [3.63, 3.8) is 0 Å². The molecular formula is C14H8N2O2S. The number of thiazole rings is 1. The van der Waals surface area contributed by atoms with Crippen molar-refractivity contribution in [3.05, 3.63) is 59.0 Å². The van der Waals surface area contributed by atoms with Gasteiger partial charge in [0.15, 0.2) is 5.13 Å². The van der Waals surface area contributed by atoms with E-state index in [0.29, 0.717) is 21.4 Å². The first-order valence-electron chi connectivity index (χ1n) is 5.79. The number of rotatable bonds is 1. The van der Waals surface area contributed by atoms with Crippen molar-refractivity contribution in [1.82, 2.24) is 9.55 Å². The molecule has 0 fully saturated rings. The van der Waals surface area contributed by atoms with E-state index in [2.05, 4.69) is 4.98 Å². The molecule has 0 saturated heterocycles. The first-order chi connectivity index (χ1) is 9.33. The summed E-state index contributed by atoms with van der Waals surface area (Å²) >= 11 is 1.34. The van der Waals surface area contributed by atoms with Crippen LogP contribution < -0.4 is 5.43 Å². The molecule has 19 heavy (non-hydrogen) atoms. The average Bonchev–Trinajstić information content (AvgIpc) is 3.07. The maximum absolute atomic E-state index is 12.4. The zero-order valence-corrected chi connectivity index (χ0v) is 10.6. The molecule has 0 spiro atoms. The lowest BCUT2D eigenvalue weighted by Crippen LogP contribution is -1.99. The summed E-state index contributed by atoms with van der Waals surface area (Å²) in [6, 6.07) is 11.1. The molecule has 4 aromatic rings. The molecule has 5 heteroatoms. The van der Waals surface area contributed by atoms with Crippen LogP contribution in [0.3, 0.4) is 0 Å². The fourth-order valence-electron chi connectivity index (χ4n) is 2.05. The van der Waals surface area contributed by atoms with Gasteiger partial charge in [-0.2, -0.15) is 4.98 Å². The molecule has 3 heterocycles. The van der Waals surface area contributed by atoms with Crippen molar-refractivity contribution in [2.24, 2.45) is 0 Å². The van der Waals surface area contributed by atoms with Crippen molar-refractivity contribution in [1.29, 1.82) is 0 Å². The predicted octanol–water partition coefficient (Wildman–Crippen LogP) is 3.19. The Labute approximate surface area is 111 Å². The first kappa shape index (κ1) is 10.5.